The fraction of sp³-hybridized carbons (Fsp3) is 0.154. The predicted octanol–water partition coefficient (Wildman–Crippen LogP) is 1.23. The van der Waals surface area contributed by atoms with Crippen LogP contribution in [0.15, 0.2) is 41.5 Å². The van der Waals surface area contributed by atoms with Gasteiger partial charge in [0.05, 0.1) is 12.2 Å². The van der Waals surface area contributed by atoms with Gasteiger partial charge in [-0.1, -0.05) is 12.2 Å². The maximum atomic E-state index is 11.8. The molecule has 4 nitrogen and oxygen atoms in total. The first-order chi connectivity index (χ1) is 8.56. The van der Waals surface area contributed by atoms with Crippen molar-refractivity contribution in [3.05, 3.63) is 63.8 Å². The van der Waals surface area contributed by atoms with Crippen molar-refractivity contribution < 1.29 is 0 Å². The maximum Gasteiger partial charge on any atom is 0.251 e. The van der Waals surface area contributed by atoms with Crippen LogP contribution in [-0.4, -0.2) is 14.5 Å². The number of aromatic nitrogens is 2. The predicted molar refractivity (Wildman–Crippen MR) is 74.7 cm³/mol. The van der Waals surface area contributed by atoms with Gasteiger partial charge in [0.1, 0.15) is 4.99 Å². The lowest BCUT2D eigenvalue weighted by molar-refractivity contribution is 0.755. The minimum absolute atomic E-state index is 0.0244. The summed E-state index contributed by atoms with van der Waals surface area (Å²) < 4.78 is 1.63. The minimum Gasteiger partial charge on any atom is -0.388 e. The lowest BCUT2D eigenvalue weighted by atomic mass is 10.2. The van der Waals surface area contributed by atoms with Gasteiger partial charge in [-0.25, -0.2) is 0 Å². The van der Waals surface area contributed by atoms with E-state index < -0.39 is 0 Å². The Balaban J connectivity index is 2.31. The summed E-state index contributed by atoms with van der Waals surface area (Å²) in [6, 6.07) is 7.15. The Morgan fingerprint density at radius 2 is 2.22 bits per heavy atom. The van der Waals surface area contributed by atoms with Gasteiger partial charge < -0.3 is 10.3 Å². The van der Waals surface area contributed by atoms with E-state index in [9.17, 15) is 4.79 Å². The molecule has 0 aliphatic carbocycles. The molecular weight excluding hydrogens is 246 g/mol. The summed E-state index contributed by atoms with van der Waals surface area (Å²) >= 11 is 4.88. The van der Waals surface area contributed by atoms with E-state index in [0.29, 0.717) is 12.2 Å². The molecule has 2 rings (SSSR count). The van der Waals surface area contributed by atoms with Gasteiger partial charge >= 0.3 is 0 Å². The monoisotopic (exact) mass is 259 g/mol. The van der Waals surface area contributed by atoms with Crippen molar-refractivity contribution in [1.82, 2.24) is 9.55 Å². The second kappa shape index (κ2) is 5.10. The third-order valence-electron chi connectivity index (χ3n) is 2.58. The molecule has 0 aliphatic rings. The number of hydrogen-bond donors (Lipinski definition) is 1. The summed E-state index contributed by atoms with van der Waals surface area (Å²) in [7, 11) is 0. The molecule has 0 saturated carbocycles. The average Bonchev–Trinajstić information content (AvgIpc) is 2.33. The zero-order chi connectivity index (χ0) is 13.1. The summed E-state index contributed by atoms with van der Waals surface area (Å²) in [5.41, 5.74) is 7.97. The van der Waals surface area contributed by atoms with Crippen LogP contribution >= 0.6 is 12.2 Å². The molecule has 2 aromatic rings. The van der Waals surface area contributed by atoms with Crippen molar-refractivity contribution in [2.24, 2.45) is 5.73 Å². The number of thiocarbonyl (C=S) groups is 1. The SMILES string of the molecule is Cc1ccn(Cc2ccnc(C(N)=S)c2)c(=O)c1. The summed E-state index contributed by atoms with van der Waals surface area (Å²) in [6.45, 7) is 2.38. The van der Waals surface area contributed by atoms with Crippen LogP contribution in [0.5, 0.6) is 0 Å². The minimum atomic E-state index is -0.0244. The standard InChI is InChI=1S/C13H13N3OS/c1-9-3-5-16(12(17)6-9)8-10-2-4-15-11(7-10)13(14)18/h2-7H,8H2,1H3,(H2,14,18). The smallest absolute Gasteiger partial charge is 0.251 e. The lowest BCUT2D eigenvalue weighted by Crippen LogP contribution is -2.19. The number of nitrogens with two attached hydrogens (primary N) is 1. The summed E-state index contributed by atoms with van der Waals surface area (Å²) in [4.78, 5) is 16.1. The van der Waals surface area contributed by atoms with Crippen LogP contribution in [0.2, 0.25) is 0 Å². The molecule has 0 atom stereocenters. The summed E-state index contributed by atoms with van der Waals surface area (Å²) in [6.07, 6.45) is 3.42. The Kier molecular flexibility index (Phi) is 3.53. The van der Waals surface area contributed by atoms with E-state index in [1.54, 1.807) is 29.1 Å². The van der Waals surface area contributed by atoms with Crippen molar-refractivity contribution in [2.75, 3.05) is 0 Å². The number of nitrogens with zero attached hydrogens (tertiary/aromatic N) is 2. The molecule has 2 aromatic heterocycles. The zero-order valence-corrected chi connectivity index (χ0v) is 10.8. The molecule has 0 aliphatic heterocycles. The quantitative estimate of drug-likeness (QED) is 0.842. The van der Waals surface area contributed by atoms with Crippen LogP contribution in [-0.2, 0) is 6.54 Å². The topological polar surface area (TPSA) is 60.9 Å². The van der Waals surface area contributed by atoms with Gasteiger partial charge in [-0.3, -0.25) is 9.78 Å². The Bertz CT molecular complexity index is 649. The molecule has 18 heavy (non-hydrogen) atoms. The van der Waals surface area contributed by atoms with Gasteiger partial charge in [0, 0.05) is 18.5 Å². The third kappa shape index (κ3) is 2.81. The molecule has 0 radical (unpaired) electrons. The van der Waals surface area contributed by atoms with Crippen molar-refractivity contribution in [2.45, 2.75) is 13.5 Å². The molecule has 0 aromatic carbocycles. The van der Waals surface area contributed by atoms with Crippen molar-refractivity contribution in [3.8, 4) is 0 Å². The van der Waals surface area contributed by atoms with E-state index in [1.165, 1.54) is 0 Å². The molecule has 0 bridgehead atoms. The third-order valence-corrected chi connectivity index (χ3v) is 2.79. The summed E-state index contributed by atoms with van der Waals surface area (Å²) in [5.74, 6) is 0. The number of pyridine rings is 2. The van der Waals surface area contributed by atoms with E-state index in [4.69, 9.17) is 18.0 Å². The van der Waals surface area contributed by atoms with Gasteiger partial charge in [-0.15, -0.1) is 0 Å². The van der Waals surface area contributed by atoms with Gasteiger partial charge in [0.2, 0.25) is 0 Å². The van der Waals surface area contributed by atoms with E-state index in [1.807, 2.05) is 19.1 Å². The Morgan fingerprint density at radius 3 is 2.89 bits per heavy atom. The van der Waals surface area contributed by atoms with Gasteiger partial charge in [-0.05, 0) is 36.2 Å². The van der Waals surface area contributed by atoms with Crippen molar-refractivity contribution >= 4 is 17.2 Å². The molecule has 0 saturated heterocycles. The van der Waals surface area contributed by atoms with Crippen molar-refractivity contribution in [3.63, 3.8) is 0 Å². The molecule has 5 heteroatoms. The molecular formula is C13H13N3OS. The molecule has 0 fully saturated rings. The second-order valence-electron chi connectivity index (χ2n) is 4.08. The molecule has 2 N–H and O–H groups in total. The maximum absolute atomic E-state index is 11.8. The highest BCUT2D eigenvalue weighted by Crippen LogP contribution is 2.04. The first-order valence-corrected chi connectivity index (χ1v) is 5.89. The number of hydrogen-bond acceptors (Lipinski definition) is 3. The highest BCUT2D eigenvalue weighted by atomic mass is 32.1. The fourth-order valence-electron chi connectivity index (χ4n) is 1.64. The average molecular weight is 259 g/mol. The molecule has 0 amide bonds. The Morgan fingerprint density at radius 1 is 1.44 bits per heavy atom. The van der Waals surface area contributed by atoms with Crippen LogP contribution in [0.25, 0.3) is 0 Å². The van der Waals surface area contributed by atoms with E-state index in [-0.39, 0.29) is 10.5 Å². The summed E-state index contributed by atoms with van der Waals surface area (Å²) in [5, 5.41) is 0. The first-order valence-electron chi connectivity index (χ1n) is 5.48. The molecule has 2 heterocycles. The van der Waals surface area contributed by atoms with Crippen LogP contribution in [0.1, 0.15) is 16.8 Å². The largest absolute Gasteiger partial charge is 0.388 e. The molecule has 0 spiro atoms. The number of aryl methyl sites for hydroxylation is 1. The van der Waals surface area contributed by atoms with Crippen LogP contribution in [0.4, 0.5) is 0 Å². The van der Waals surface area contributed by atoms with Crippen LogP contribution in [0.3, 0.4) is 0 Å². The molecule has 0 unspecified atom stereocenters. The highest BCUT2D eigenvalue weighted by Gasteiger charge is 2.02. The van der Waals surface area contributed by atoms with Gasteiger partial charge in [-0.2, -0.15) is 0 Å². The lowest BCUT2D eigenvalue weighted by Gasteiger charge is -2.07. The first kappa shape index (κ1) is 12.4. The second-order valence-corrected chi connectivity index (χ2v) is 4.52. The van der Waals surface area contributed by atoms with Crippen LogP contribution < -0.4 is 11.3 Å². The Hall–Kier alpha value is -2.01. The van der Waals surface area contributed by atoms with E-state index in [0.717, 1.165) is 11.1 Å². The van der Waals surface area contributed by atoms with E-state index >= 15 is 0 Å². The van der Waals surface area contributed by atoms with Gasteiger partial charge in [0.25, 0.3) is 5.56 Å². The Labute approximate surface area is 110 Å². The molecule has 92 valence electrons. The van der Waals surface area contributed by atoms with Crippen LogP contribution in [0, 0.1) is 6.92 Å². The van der Waals surface area contributed by atoms with Crippen molar-refractivity contribution in [1.29, 1.82) is 0 Å². The van der Waals surface area contributed by atoms with Gasteiger partial charge in [0.15, 0.2) is 0 Å². The van der Waals surface area contributed by atoms with E-state index in [2.05, 4.69) is 4.98 Å². The number of rotatable bonds is 3. The fourth-order valence-corrected chi connectivity index (χ4v) is 1.75. The zero-order valence-electron chi connectivity index (χ0n) is 9.96. The highest BCUT2D eigenvalue weighted by molar-refractivity contribution is 7.80. The normalized spacial score (nSPS) is 10.3.